The summed E-state index contributed by atoms with van der Waals surface area (Å²) in [7, 11) is 0. The summed E-state index contributed by atoms with van der Waals surface area (Å²) in [5.41, 5.74) is 3.56. The lowest BCUT2D eigenvalue weighted by atomic mass is 10.1. The van der Waals surface area contributed by atoms with Crippen molar-refractivity contribution in [1.29, 1.82) is 0 Å². The Morgan fingerprint density at radius 2 is 2.06 bits per heavy atom. The Bertz CT molecular complexity index is 474. The van der Waals surface area contributed by atoms with Crippen LogP contribution in [0.1, 0.15) is 11.1 Å². The maximum atomic E-state index is 12.4. The van der Waals surface area contributed by atoms with Gasteiger partial charge in [-0.2, -0.15) is 13.2 Å². The molecular formula is C9H7F3N2O2S. The number of thiocarbonyl (C=S) groups is 1. The van der Waals surface area contributed by atoms with Crippen LogP contribution in [0.15, 0.2) is 18.2 Å². The third-order valence-corrected chi connectivity index (χ3v) is 2.12. The molecule has 0 radical (unpaired) electrons. The summed E-state index contributed by atoms with van der Waals surface area (Å²) in [5.74, 6) is 0. The summed E-state index contributed by atoms with van der Waals surface area (Å²) in [4.78, 5) is 9.73. The Balaban J connectivity index is 3.27. The zero-order chi connectivity index (χ0) is 13.2. The zero-order valence-electron chi connectivity index (χ0n) is 8.32. The van der Waals surface area contributed by atoms with E-state index in [1.54, 1.807) is 0 Å². The molecule has 0 unspecified atom stereocenters. The van der Waals surface area contributed by atoms with Crippen LogP contribution in [-0.2, 0) is 12.6 Å². The number of nitrogens with zero attached hydrogens (tertiary/aromatic N) is 1. The van der Waals surface area contributed by atoms with Gasteiger partial charge in [0.15, 0.2) is 0 Å². The molecule has 1 rings (SSSR count). The number of benzene rings is 1. The standard InChI is InChI=1S/C9H7F3N2O2S/c10-9(11,12)6-2-1-5(3-8(13)17)7(4-6)14(15)16/h1-2,4H,3H2,(H2,13,17). The van der Waals surface area contributed by atoms with Gasteiger partial charge in [-0.1, -0.05) is 18.3 Å². The molecule has 92 valence electrons. The SMILES string of the molecule is NC(=S)Cc1ccc(C(F)(F)F)cc1[N+](=O)[O-]. The molecule has 0 saturated heterocycles. The Morgan fingerprint density at radius 1 is 1.47 bits per heavy atom. The maximum Gasteiger partial charge on any atom is 0.416 e. The van der Waals surface area contributed by atoms with Gasteiger partial charge in [0.1, 0.15) is 0 Å². The van der Waals surface area contributed by atoms with Crippen LogP contribution in [0.3, 0.4) is 0 Å². The van der Waals surface area contributed by atoms with Crippen molar-refractivity contribution in [3.8, 4) is 0 Å². The molecule has 0 atom stereocenters. The molecule has 0 spiro atoms. The van der Waals surface area contributed by atoms with E-state index in [2.05, 4.69) is 12.2 Å². The van der Waals surface area contributed by atoms with Crippen LogP contribution in [0.25, 0.3) is 0 Å². The molecule has 1 aromatic rings. The van der Waals surface area contributed by atoms with Crippen molar-refractivity contribution in [2.45, 2.75) is 12.6 Å². The Hall–Kier alpha value is -1.70. The van der Waals surface area contributed by atoms with Crippen LogP contribution in [0.5, 0.6) is 0 Å². The molecule has 0 aliphatic carbocycles. The molecule has 0 amide bonds. The van der Waals surface area contributed by atoms with Crippen LogP contribution < -0.4 is 5.73 Å². The van der Waals surface area contributed by atoms with Crippen LogP contribution in [-0.4, -0.2) is 9.91 Å². The average molecular weight is 264 g/mol. The molecule has 8 heteroatoms. The fourth-order valence-corrected chi connectivity index (χ4v) is 1.40. The first-order valence-corrected chi connectivity index (χ1v) is 4.75. The van der Waals surface area contributed by atoms with Crippen molar-refractivity contribution in [3.63, 3.8) is 0 Å². The highest BCUT2D eigenvalue weighted by atomic mass is 32.1. The van der Waals surface area contributed by atoms with Crippen molar-refractivity contribution < 1.29 is 18.1 Å². The second kappa shape index (κ2) is 4.66. The molecular weight excluding hydrogens is 257 g/mol. The maximum absolute atomic E-state index is 12.4. The minimum absolute atomic E-state index is 0.0205. The monoisotopic (exact) mass is 264 g/mol. The number of nitro groups is 1. The number of rotatable bonds is 3. The van der Waals surface area contributed by atoms with Crippen molar-refractivity contribution >= 4 is 22.9 Å². The van der Waals surface area contributed by atoms with Gasteiger partial charge < -0.3 is 5.73 Å². The zero-order valence-corrected chi connectivity index (χ0v) is 9.14. The van der Waals surface area contributed by atoms with E-state index in [1.807, 2.05) is 0 Å². The number of nitrogens with two attached hydrogens (primary N) is 1. The fraction of sp³-hybridized carbons (Fsp3) is 0.222. The van der Waals surface area contributed by atoms with Crippen LogP contribution in [0, 0.1) is 10.1 Å². The van der Waals surface area contributed by atoms with E-state index in [0.717, 1.165) is 12.1 Å². The van der Waals surface area contributed by atoms with E-state index in [0.29, 0.717) is 6.07 Å². The van der Waals surface area contributed by atoms with Gasteiger partial charge in [0.2, 0.25) is 0 Å². The minimum atomic E-state index is -4.62. The van der Waals surface area contributed by atoms with E-state index in [9.17, 15) is 23.3 Å². The lowest BCUT2D eigenvalue weighted by Crippen LogP contribution is -2.13. The van der Waals surface area contributed by atoms with Crippen molar-refractivity contribution in [2.75, 3.05) is 0 Å². The highest BCUT2D eigenvalue weighted by Gasteiger charge is 2.32. The number of hydrogen-bond acceptors (Lipinski definition) is 3. The predicted molar refractivity (Wildman–Crippen MR) is 58.6 cm³/mol. The topological polar surface area (TPSA) is 69.2 Å². The molecule has 0 fully saturated rings. The van der Waals surface area contributed by atoms with E-state index in [1.165, 1.54) is 0 Å². The van der Waals surface area contributed by atoms with Gasteiger partial charge in [-0.15, -0.1) is 0 Å². The molecule has 1 aromatic carbocycles. The second-order valence-corrected chi connectivity index (χ2v) is 3.77. The molecule has 17 heavy (non-hydrogen) atoms. The van der Waals surface area contributed by atoms with E-state index >= 15 is 0 Å². The van der Waals surface area contributed by atoms with Gasteiger partial charge in [0.25, 0.3) is 5.69 Å². The van der Waals surface area contributed by atoms with Gasteiger partial charge in [-0.3, -0.25) is 10.1 Å². The second-order valence-electron chi connectivity index (χ2n) is 3.24. The summed E-state index contributed by atoms with van der Waals surface area (Å²) in [6.45, 7) is 0. The molecule has 0 saturated carbocycles. The first-order chi connectivity index (χ1) is 7.71. The fourth-order valence-electron chi connectivity index (χ4n) is 1.25. The van der Waals surface area contributed by atoms with Gasteiger partial charge in [-0.05, 0) is 6.07 Å². The number of halogens is 3. The minimum Gasteiger partial charge on any atom is -0.393 e. The first kappa shape index (κ1) is 13.4. The largest absolute Gasteiger partial charge is 0.416 e. The Kier molecular flexibility index (Phi) is 3.66. The number of hydrogen-bond donors (Lipinski definition) is 1. The predicted octanol–water partition coefficient (Wildman–Crippen LogP) is 2.44. The smallest absolute Gasteiger partial charge is 0.393 e. The van der Waals surface area contributed by atoms with Gasteiger partial charge >= 0.3 is 6.18 Å². The third kappa shape index (κ3) is 3.38. The van der Waals surface area contributed by atoms with Gasteiger partial charge in [0.05, 0.1) is 15.5 Å². The van der Waals surface area contributed by atoms with Gasteiger partial charge in [0, 0.05) is 18.1 Å². The number of nitro benzene ring substituents is 1. The molecule has 0 aromatic heterocycles. The van der Waals surface area contributed by atoms with E-state index < -0.39 is 22.4 Å². The summed E-state index contributed by atoms with van der Waals surface area (Å²) in [6.07, 6.45) is -4.73. The lowest BCUT2D eigenvalue weighted by Gasteiger charge is -2.08. The highest BCUT2D eigenvalue weighted by molar-refractivity contribution is 7.80. The average Bonchev–Trinajstić information content (AvgIpc) is 2.15. The van der Waals surface area contributed by atoms with Crippen molar-refractivity contribution in [2.24, 2.45) is 5.73 Å². The molecule has 0 aliphatic heterocycles. The summed E-state index contributed by atoms with van der Waals surface area (Å²) >= 11 is 4.56. The Morgan fingerprint density at radius 3 is 2.47 bits per heavy atom. The molecule has 2 N–H and O–H groups in total. The third-order valence-electron chi connectivity index (χ3n) is 1.97. The quantitative estimate of drug-likeness (QED) is 0.517. The summed E-state index contributed by atoms with van der Waals surface area (Å²) in [6, 6.07) is 2.26. The molecule has 0 bridgehead atoms. The van der Waals surface area contributed by atoms with Crippen LogP contribution in [0.2, 0.25) is 0 Å². The highest BCUT2D eigenvalue weighted by Crippen LogP contribution is 2.33. The first-order valence-electron chi connectivity index (χ1n) is 4.34. The molecule has 0 heterocycles. The lowest BCUT2D eigenvalue weighted by molar-refractivity contribution is -0.385. The normalized spacial score (nSPS) is 11.2. The number of alkyl halides is 3. The summed E-state index contributed by atoms with van der Waals surface area (Å²) in [5, 5.41) is 10.6. The van der Waals surface area contributed by atoms with Crippen LogP contribution >= 0.6 is 12.2 Å². The summed E-state index contributed by atoms with van der Waals surface area (Å²) < 4.78 is 37.1. The molecule has 0 aliphatic rings. The van der Waals surface area contributed by atoms with Gasteiger partial charge in [-0.25, -0.2) is 0 Å². The van der Waals surface area contributed by atoms with Crippen LogP contribution in [0.4, 0.5) is 18.9 Å². The van der Waals surface area contributed by atoms with Crippen molar-refractivity contribution in [1.82, 2.24) is 0 Å². The van der Waals surface area contributed by atoms with E-state index in [4.69, 9.17) is 5.73 Å². The Labute approximate surface area is 99.4 Å². The van der Waals surface area contributed by atoms with E-state index in [-0.39, 0.29) is 17.0 Å². The molecule has 4 nitrogen and oxygen atoms in total. The van der Waals surface area contributed by atoms with Crippen molar-refractivity contribution in [3.05, 3.63) is 39.4 Å².